The number of rotatable bonds is 4. The molecule has 2 aromatic carbocycles. The fourth-order valence-corrected chi connectivity index (χ4v) is 4.60. The topological polar surface area (TPSA) is 45.2 Å². The molecule has 26 heavy (non-hydrogen) atoms. The highest BCUT2D eigenvalue weighted by Gasteiger charge is 2.25. The second kappa shape index (κ2) is 7.56. The molecule has 5 heteroatoms. The number of nitrogens with zero attached hydrogens (tertiary/aromatic N) is 2. The van der Waals surface area contributed by atoms with Crippen LogP contribution in [0.1, 0.15) is 29.3 Å². The molecule has 0 bridgehead atoms. The van der Waals surface area contributed by atoms with E-state index in [-0.39, 0.29) is 5.91 Å². The molecular weight excluding hydrogens is 342 g/mol. The van der Waals surface area contributed by atoms with E-state index < -0.39 is 0 Å². The molecule has 0 spiro atoms. The Morgan fingerprint density at radius 3 is 2.85 bits per heavy atom. The maximum atomic E-state index is 12.4. The first-order valence-electron chi connectivity index (χ1n) is 9.12. The second-order valence-electron chi connectivity index (χ2n) is 7.01. The van der Waals surface area contributed by atoms with Crippen LogP contribution in [0.15, 0.2) is 48.5 Å². The van der Waals surface area contributed by atoms with Crippen molar-refractivity contribution in [3.63, 3.8) is 0 Å². The van der Waals surface area contributed by atoms with Gasteiger partial charge in [0.05, 0.1) is 21.8 Å². The summed E-state index contributed by atoms with van der Waals surface area (Å²) in [5.74, 6) is 0.479. The van der Waals surface area contributed by atoms with Gasteiger partial charge in [0.15, 0.2) is 0 Å². The van der Waals surface area contributed by atoms with E-state index >= 15 is 0 Å². The molecule has 134 valence electrons. The van der Waals surface area contributed by atoms with Crippen molar-refractivity contribution in [2.24, 2.45) is 0 Å². The number of likely N-dealkylation sites (tertiary alicyclic amines) is 1. The third kappa shape index (κ3) is 3.94. The normalized spacial score (nSPS) is 18.1. The van der Waals surface area contributed by atoms with E-state index in [4.69, 9.17) is 4.98 Å². The number of carbonyl (C=O) groups is 1. The average molecular weight is 366 g/mol. The van der Waals surface area contributed by atoms with Gasteiger partial charge in [0.25, 0.3) is 0 Å². The van der Waals surface area contributed by atoms with Crippen LogP contribution >= 0.6 is 11.3 Å². The molecule has 2 heterocycles. The molecule has 0 unspecified atom stereocenters. The standard InChI is InChI=1S/C21H23N3OS/c1-15-8-10-17(11-9-15)22-20(25)14-24-12-4-5-16(13-24)21-23-18-6-2-3-7-19(18)26-21/h2-3,6-11,16H,4-5,12-14H2,1H3,(H,22,25)/t16-/m0/s1. The third-order valence-electron chi connectivity index (χ3n) is 4.87. The number of benzene rings is 2. The van der Waals surface area contributed by atoms with Crippen LogP contribution in [0.25, 0.3) is 10.2 Å². The molecule has 1 aliphatic heterocycles. The Morgan fingerprint density at radius 2 is 2.04 bits per heavy atom. The Hall–Kier alpha value is -2.24. The molecule has 3 aromatic rings. The highest BCUT2D eigenvalue weighted by Crippen LogP contribution is 2.32. The molecule has 1 aromatic heterocycles. The van der Waals surface area contributed by atoms with Gasteiger partial charge in [-0.3, -0.25) is 9.69 Å². The number of thiazole rings is 1. The van der Waals surface area contributed by atoms with Crippen LogP contribution in [0.5, 0.6) is 0 Å². The summed E-state index contributed by atoms with van der Waals surface area (Å²) in [5, 5.41) is 4.20. The molecule has 1 N–H and O–H groups in total. The third-order valence-corrected chi connectivity index (χ3v) is 6.07. The first-order chi connectivity index (χ1) is 12.7. The maximum Gasteiger partial charge on any atom is 0.238 e. The number of aromatic nitrogens is 1. The van der Waals surface area contributed by atoms with Gasteiger partial charge in [0.1, 0.15) is 0 Å². The lowest BCUT2D eigenvalue weighted by Gasteiger charge is -2.31. The number of para-hydroxylation sites is 1. The molecule has 1 saturated heterocycles. The molecule has 1 aliphatic rings. The van der Waals surface area contributed by atoms with Crippen LogP contribution in [0, 0.1) is 6.92 Å². The highest BCUT2D eigenvalue weighted by molar-refractivity contribution is 7.18. The Labute approximate surface area is 157 Å². The van der Waals surface area contributed by atoms with Crippen LogP contribution in [0.2, 0.25) is 0 Å². The number of amides is 1. The van der Waals surface area contributed by atoms with Crippen molar-refractivity contribution in [1.29, 1.82) is 0 Å². The summed E-state index contributed by atoms with van der Waals surface area (Å²) in [6.07, 6.45) is 2.26. The largest absolute Gasteiger partial charge is 0.325 e. The smallest absolute Gasteiger partial charge is 0.238 e. The van der Waals surface area contributed by atoms with Gasteiger partial charge in [-0.1, -0.05) is 29.8 Å². The second-order valence-corrected chi connectivity index (χ2v) is 8.07. The van der Waals surface area contributed by atoms with E-state index in [1.165, 1.54) is 15.3 Å². The lowest BCUT2D eigenvalue weighted by Crippen LogP contribution is -2.39. The Morgan fingerprint density at radius 1 is 1.23 bits per heavy atom. The number of fused-ring (bicyclic) bond motifs is 1. The van der Waals surface area contributed by atoms with Crippen molar-refractivity contribution in [3.05, 3.63) is 59.1 Å². The summed E-state index contributed by atoms with van der Waals surface area (Å²) >= 11 is 1.79. The number of hydrogen-bond donors (Lipinski definition) is 1. The van der Waals surface area contributed by atoms with E-state index in [9.17, 15) is 4.79 Å². The van der Waals surface area contributed by atoms with Crippen molar-refractivity contribution >= 4 is 33.1 Å². The molecule has 4 rings (SSSR count). The number of hydrogen-bond acceptors (Lipinski definition) is 4. The predicted molar refractivity (Wildman–Crippen MR) is 108 cm³/mol. The van der Waals surface area contributed by atoms with Gasteiger partial charge in [-0.25, -0.2) is 4.98 Å². The van der Waals surface area contributed by atoms with Crippen LogP contribution in [-0.4, -0.2) is 35.4 Å². The van der Waals surface area contributed by atoms with Crippen LogP contribution in [0.3, 0.4) is 0 Å². The van der Waals surface area contributed by atoms with E-state index in [1.54, 1.807) is 11.3 Å². The molecule has 4 nitrogen and oxygen atoms in total. The highest BCUT2D eigenvalue weighted by atomic mass is 32.1. The zero-order valence-corrected chi connectivity index (χ0v) is 15.8. The average Bonchev–Trinajstić information content (AvgIpc) is 3.08. The molecule has 0 radical (unpaired) electrons. The van der Waals surface area contributed by atoms with Gasteiger partial charge in [0, 0.05) is 18.2 Å². The zero-order chi connectivity index (χ0) is 17.9. The minimum absolute atomic E-state index is 0.0544. The SMILES string of the molecule is Cc1ccc(NC(=O)CN2CCC[C@H](c3nc4ccccc4s3)C2)cc1. The molecule has 1 amide bonds. The predicted octanol–water partition coefficient (Wildman–Crippen LogP) is 4.42. The van der Waals surface area contributed by atoms with Crippen molar-refractivity contribution in [2.45, 2.75) is 25.7 Å². The summed E-state index contributed by atoms with van der Waals surface area (Å²) in [4.78, 5) is 19.5. The van der Waals surface area contributed by atoms with E-state index in [2.05, 4.69) is 28.4 Å². The van der Waals surface area contributed by atoms with Crippen molar-refractivity contribution in [1.82, 2.24) is 9.88 Å². The molecule has 0 aliphatic carbocycles. The lowest BCUT2D eigenvalue weighted by molar-refractivity contribution is -0.117. The zero-order valence-electron chi connectivity index (χ0n) is 14.9. The monoisotopic (exact) mass is 365 g/mol. The van der Waals surface area contributed by atoms with Gasteiger partial charge in [-0.2, -0.15) is 0 Å². The first kappa shape index (κ1) is 17.2. The number of aryl methyl sites for hydroxylation is 1. The van der Waals surface area contributed by atoms with Crippen LogP contribution < -0.4 is 5.32 Å². The van der Waals surface area contributed by atoms with Crippen molar-refractivity contribution < 1.29 is 4.79 Å². The summed E-state index contributed by atoms with van der Waals surface area (Å²) in [7, 11) is 0. The number of anilines is 1. The summed E-state index contributed by atoms with van der Waals surface area (Å²) in [6.45, 7) is 4.36. The lowest BCUT2D eigenvalue weighted by atomic mass is 9.99. The van der Waals surface area contributed by atoms with Crippen molar-refractivity contribution in [3.8, 4) is 0 Å². The summed E-state index contributed by atoms with van der Waals surface area (Å²) in [6, 6.07) is 16.2. The maximum absolute atomic E-state index is 12.4. The fourth-order valence-electron chi connectivity index (χ4n) is 3.51. The molecule has 1 fully saturated rings. The number of carbonyl (C=O) groups excluding carboxylic acids is 1. The first-order valence-corrected chi connectivity index (χ1v) is 9.93. The Bertz CT molecular complexity index is 870. The van der Waals surface area contributed by atoms with Crippen LogP contribution in [-0.2, 0) is 4.79 Å². The summed E-state index contributed by atoms with van der Waals surface area (Å²) in [5.41, 5.74) is 3.14. The Kier molecular flexibility index (Phi) is 5.00. The molecular formula is C21H23N3OS. The quantitative estimate of drug-likeness (QED) is 0.744. The van der Waals surface area contributed by atoms with Gasteiger partial charge in [0.2, 0.25) is 5.91 Å². The van der Waals surface area contributed by atoms with E-state index in [1.807, 2.05) is 37.3 Å². The number of piperidine rings is 1. The fraction of sp³-hybridized carbons (Fsp3) is 0.333. The van der Waals surface area contributed by atoms with Gasteiger partial charge in [-0.05, 0) is 50.6 Å². The van der Waals surface area contributed by atoms with Gasteiger partial charge >= 0.3 is 0 Å². The van der Waals surface area contributed by atoms with Crippen LogP contribution in [0.4, 0.5) is 5.69 Å². The number of nitrogens with one attached hydrogen (secondary N) is 1. The van der Waals surface area contributed by atoms with Gasteiger partial charge in [-0.15, -0.1) is 11.3 Å². The minimum Gasteiger partial charge on any atom is -0.325 e. The Balaban J connectivity index is 1.38. The van der Waals surface area contributed by atoms with Gasteiger partial charge < -0.3 is 5.32 Å². The molecule has 0 saturated carbocycles. The summed E-state index contributed by atoms with van der Waals surface area (Å²) < 4.78 is 1.25. The minimum atomic E-state index is 0.0544. The molecule has 1 atom stereocenters. The van der Waals surface area contributed by atoms with E-state index in [0.29, 0.717) is 12.5 Å². The van der Waals surface area contributed by atoms with E-state index in [0.717, 1.165) is 37.1 Å². The van der Waals surface area contributed by atoms with Crippen molar-refractivity contribution in [2.75, 3.05) is 25.0 Å².